The molecule has 0 unspecified atom stereocenters. The van der Waals surface area contributed by atoms with E-state index in [4.69, 9.17) is 0 Å². The lowest BCUT2D eigenvalue weighted by atomic mass is 10.1. The average molecular weight is 356 g/mol. The first-order chi connectivity index (χ1) is 12.0. The highest BCUT2D eigenvalue weighted by Crippen LogP contribution is 2.21. The summed E-state index contributed by atoms with van der Waals surface area (Å²) in [4.78, 5) is 15.2. The average Bonchev–Trinajstić information content (AvgIpc) is 3.06. The third kappa shape index (κ3) is 4.45. The van der Waals surface area contributed by atoms with Gasteiger partial charge in [0.25, 0.3) is 0 Å². The predicted molar refractivity (Wildman–Crippen MR) is 97.0 cm³/mol. The second-order valence-corrected chi connectivity index (χ2v) is 6.60. The molecule has 0 bridgehead atoms. The third-order valence-electron chi connectivity index (χ3n) is 3.59. The van der Waals surface area contributed by atoms with Crippen LogP contribution in [0.2, 0.25) is 0 Å². The van der Waals surface area contributed by atoms with Crippen LogP contribution in [0.15, 0.2) is 47.6 Å². The molecular formula is C18H17FN4OS. The van der Waals surface area contributed by atoms with Crippen molar-refractivity contribution in [3.63, 3.8) is 0 Å². The quantitative estimate of drug-likeness (QED) is 0.679. The van der Waals surface area contributed by atoms with Crippen LogP contribution in [0.1, 0.15) is 11.1 Å². The number of thioether (sulfide) groups is 1. The maximum atomic E-state index is 13.0. The minimum atomic E-state index is -0.305. The molecule has 0 saturated carbocycles. The van der Waals surface area contributed by atoms with E-state index in [-0.39, 0.29) is 17.5 Å². The van der Waals surface area contributed by atoms with Gasteiger partial charge in [0.05, 0.1) is 5.75 Å². The number of rotatable bonds is 5. The highest BCUT2D eigenvalue weighted by molar-refractivity contribution is 7.99. The Morgan fingerprint density at radius 2 is 1.92 bits per heavy atom. The lowest BCUT2D eigenvalue weighted by molar-refractivity contribution is -0.113. The molecule has 1 aromatic heterocycles. The third-order valence-corrected chi connectivity index (χ3v) is 4.45. The summed E-state index contributed by atoms with van der Waals surface area (Å²) in [6, 6.07) is 11.9. The van der Waals surface area contributed by atoms with Gasteiger partial charge in [-0.1, -0.05) is 23.9 Å². The van der Waals surface area contributed by atoms with Crippen molar-refractivity contribution in [2.24, 2.45) is 0 Å². The summed E-state index contributed by atoms with van der Waals surface area (Å²) >= 11 is 1.26. The van der Waals surface area contributed by atoms with E-state index in [0.717, 1.165) is 22.4 Å². The van der Waals surface area contributed by atoms with Crippen molar-refractivity contribution in [3.05, 3.63) is 59.4 Å². The number of nitrogens with zero attached hydrogens (tertiary/aromatic N) is 2. The Hall–Kier alpha value is -2.67. The summed E-state index contributed by atoms with van der Waals surface area (Å²) in [6.07, 6.45) is 0. The molecule has 2 aromatic carbocycles. The van der Waals surface area contributed by atoms with Crippen molar-refractivity contribution < 1.29 is 9.18 Å². The van der Waals surface area contributed by atoms with Crippen LogP contribution in [0.3, 0.4) is 0 Å². The number of benzene rings is 2. The Labute approximate surface area is 149 Å². The first-order valence-electron chi connectivity index (χ1n) is 7.70. The van der Waals surface area contributed by atoms with Gasteiger partial charge in [0.1, 0.15) is 5.82 Å². The molecule has 0 aliphatic heterocycles. The normalized spacial score (nSPS) is 10.7. The summed E-state index contributed by atoms with van der Waals surface area (Å²) in [6.45, 7) is 3.93. The largest absolute Gasteiger partial charge is 0.325 e. The van der Waals surface area contributed by atoms with Crippen molar-refractivity contribution in [1.29, 1.82) is 0 Å². The minimum Gasteiger partial charge on any atom is -0.325 e. The summed E-state index contributed by atoms with van der Waals surface area (Å²) in [5.74, 6) is 0.336. The number of nitrogens with one attached hydrogen (secondary N) is 2. The molecule has 0 saturated heterocycles. The number of hydrogen-bond donors (Lipinski definition) is 2. The van der Waals surface area contributed by atoms with Crippen LogP contribution in [0.25, 0.3) is 11.4 Å². The highest BCUT2D eigenvalue weighted by Gasteiger charge is 2.10. The van der Waals surface area contributed by atoms with Crippen LogP contribution in [-0.2, 0) is 4.79 Å². The van der Waals surface area contributed by atoms with Crippen LogP contribution in [0.4, 0.5) is 10.1 Å². The molecule has 25 heavy (non-hydrogen) atoms. The maximum absolute atomic E-state index is 13.0. The van der Waals surface area contributed by atoms with Crippen LogP contribution in [0, 0.1) is 19.7 Å². The van der Waals surface area contributed by atoms with Crippen molar-refractivity contribution in [2.45, 2.75) is 19.0 Å². The lowest BCUT2D eigenvalue weighted by Crippen LogP contribution is -2.15. The van der Waals surface area contributed by atoms with Gasteiger partial charge in [-0.25, -0.2) is 4.39 Å². The fourth-order valence-electron chi connectivity index (χ4n) is 2.24. The van der Waals surface area contributed by atoms with Gasteiger partial charge >= 0.3 is 0 Å². The van der Waals surface area contributed by atoms with E-state index in [9.17, 15) is 9.18 Å². The molecule has 1 amide bonds. The van der Waals surface area contributed by atoms with Crippen LogP contribution < -0.4 is 5.32 Å². The second-order valence-electron chi connectivity index (χ2n) is 5.64. The van der Waals surface area contributed by atoms with Crippen LogP contribution in [-0.4, -0.2) is 26.8 Å². The standard InChI is InChI=1S/C18H17FN4OS/c1-11-3-4-12(2)15(9-11)20-16(24)10-25-18-21-17(22-23-18)13-5-7-14(19)8-6-13/h3-9H,10H2,1-2H3,(H,20,24)(H,21,22,23). The highest BCUT2D eigenvalue weighted by atomic mass is 32.2. The van der Waals surface area contributed by atoms with E-state index in [1.165, 1.54) is 23.9 Å². The summed E-state index contributed by atoms with van der Waals surface area (Å²) in [7, 11) is 0. The summed E-state index contributed by atoms with van der Waals surface area (Å²) in [5.41, 5.74) is 3.66. The number of aryl methyl sites for hydroxylation is 2. The van der Waals surface area contributed by atoms with Gasteiger partial charge in [-0.15, -0.1) is 10.2 Å². The smallest absolute Gasteiger partial charge is 0.234 e. The number of aromatic amines is 1. The van der Waals surface area contributed by atoms with Crippen LogP contribution >= 0.6 is 11.8 Å². The van der Waals surface area contributed by atoms with E-state index in [1.807, 2.05) is 32.0 Å². The molecule has 128 valence electrons. The van der Waals surface area contributed by atoms with Crippen molar-refractivity contribution in [1.82, 2.24) is 15.2 Å². The lowest BCUT2D eigenvalue weighted by Gasteiger charge is -2.08. The molecule has 2 N–H and O–H groups in total. The molecule has 1 heterocycles. The Bertz CT molecular complexity index is 892. The number of aromatic nitrogens is 3. The van der Waals surface area contributed by atoms with E-state index in [2.05, 4.69) is 20.5 Å². The molecule has 5 nitrogen and oxygen atoms in total. The maximum Gasteiger partial charge on any atom is 0.234 e. The number of halogens is 1. The number of anilines is 1. The van der Waals surface area contributed by atoms with Gasteiger partial charge in [0.15, 0.2) is 11.0 Å². The van der Waals surface area contributed by atoms with Crippen molar-refractivity contribution in [3.8, 4) is 11.4 Å². The predicted octanol–water partition coefficient (Wildman–Crippen LogP) is 3.96. The molecule has 3 rings (SSSR count). The molecule has 0 atom stereocenters. The van der Waals surface area contributed by atoms with E-state index in [1.54, 1.807) is 12.1 Å². The first-order valence-corrected chi connectivity index (χ1v) is 8.68. The molecular weight excluding hydrogens is 339 g/mol. The Kier molecular flexibility index (Phi) is 5.14. The Morgan fingerprint density at radius 3 is 2.68 bits per heavy atom. The molecule has 7 heteroatoms. The molecule has 0 fully saturated rings. The van der Waals surface area contributed by atoms with Gasteiger partial charge in [-0.05, 0) is 55.3 Å². The zero-order valence-electron chi connectivity index (χ0n) is 13.8. The van der Waals surface area contributed by atoms with Crippen molar-refractivity contribution in [2.75, 3.05) is 11.1 Å². The Balaban J connectivity index is 1.59. The fraction of sp³-hybridized carbons (Fsp3) is 0.167. The van der Waals surface area contributed by atoms with E-state index in [0.29, 0.717) is 11.0 Å². The van der Waals surface area contributed by atoms with Crippen molar-refractivity contribution >= 4 is 23.4 Å². The van der Waals surface area contributed by atoms with Gasteiger partial charge in [0.2, 0.25) is 5.91 Å². The summed E-state index contributed by atoms with van der Waals surface area (Å²) < 4.78 is 13.0. The summed E-state index contributed by atoms with van der Waals surface area (Å²) in [5, 5.41) is 11.5. The van der Waals surface area contributed by atoms with Crippen LogP contribution in [0.5, 0.6) is 0 Å². The van der Waals surface area contributed by atoms with Gasteiger partial charge in [0, 0.05) is 11.3 Å². The molecule has 0 aliphatic rings. The van der Waals surface area contributed by atoms with Gasteiger partial charge in [-0.3, -0.25) is 4.79 Å². The molecule has 0 radical (unpaired) electrons. The second kappa shape index (κ2) is 7.48. The van der Waals surface area contributed by atoms with Gasteiger partial charge < -0.3 is 10.3 Å². The molecule has 0 spiro atoms. The number of carbonyl (C=O) groups excluding carboxylic acids is 1. The number of H-pyrrole nitrogens is 1. The zero-order chi connectivity index (χ0) is 17.8. The SMILES string of the molecule is Cc1ccc(C)c(NC(=O)CSc2nnc(-c3ccc(F)cc3)[nH]2)c1. The van der Waals surface area contributed by atoms with Gasteiger partial charge in [-0.2, -0.15) is 0 Å². The molecule has 0 aliphatic carbocycles. The monoisotopic (exact) mass is 356 g/mol. The van der Waals surface area contributed by atoms with E-state index < -0.39 is 0 Å². The minimum absolute atomic E-state index is 0.113. The number of hydrogen-bond acceptors (Lipinski definition) is 4. The van der Waals surface area contributed by atoms with E-state index >= 15 is 0 Å². The topological polar surface area (TPSA) is 70.7 Å². The first kappa shape index (κ1) is 17.2. The fourth-order valence-corrected chi connectivity index (χ4v) is 2.85. The number of carbonyl (C=O) groups is 1. The Morgan fingerprint density at radius 1 is 1.16 bits per heavy atom. The number of amides is 1. The molecule has 3 aromatic rings. The zero-order valence-corrected chi connectivity index (χ0v) is 14.7.